The second kappa shape index (κ2) is 10.6. The van der Waals surface area contributed by atoms with Crippen molar-refractivity contribution < 1.29 is 24.5 Å². The molecule has 1 aromatic heterocycles. The molecule has 0 saturated carbocycles. The fraction of sp³-hybridized carbons (Fsp3) is 0.200. The monoisotopic (exact) mass is 509 g/mol. The fourth-order valence-electron chi connectivity index (χ4n) is 3.96. The van der Waals surface area contributed by atoms with Crippen molar-refractivity contribution in [2.75, 3.05) is 25.7 Å². The van der Waals surface area contributed by atoms with E-state index in [4.69, 9.17) is 20.9 Å². The Morgan fingerprint density at radius 1 is 1.14 bits per heavy atom. The van der Waals surface area contributed by atoms with Crippen LogP contribution < -0.4 is 22.0 Å². The molecule has 4 rings (SSSR count). The summed E-state index contributed by atoms with van der Waals surface area (Å²) in [5, 5.41) is 21.9. The zero-order valence-electron chi connectivity index (χ0n) is 19.4. The van der Waals surface area contributed by atoms with E-state index in [0.717, 1.165) is 5.56 Å². The van der Waals surface area contributed by atoms with Crippen LogP contribution in [0.3, 0.4) is 0 Å². The number of aliphatic hydroxyl groups is 1. The van der Waals surface area contributed by atoms with Crippen molar-refractivity contribution in [3.8, 4) is 11.8 Å². The van der Waals surface area contributed by atoms with Crippen molar-refractivity contribution >= 4 is 35.9 Å². The van der Waals surface area contributed by atoms with Gasteiger partial charge in [0.25, 0.3) is 5.60 Å². The van der Waals surface area contributed by atoms with Gasteiger partial charge in [-0.15, -0.1) is 12.4 Å². The normalized spacial score (nSPS) is 18.2. The fourth-order valence-corrected chi connectivity index (χ4v) is 3.96. The highest BCUT2D eigenvalue weighted by atomic mass is 35.5. The molecule has 0 amide bonds. The summed E-state index contributed by atoms with van der Waals surface area (Å²) >= 11 is 0. The maximum Gasteiger partial charge on any atom is 0.348 e. The molecule has 3 aromatic rings. The number of hydrogen-bond donors (Lipinski definition) is 4. The molecule has 1 aliphatic rings. The predicted octanol–water partition coefficient (Wildman–Crippen LogP) is 0.795. The van der Waals surface area contributed by atoms with Gasteiger partial charge < -0.3 is 31.2 Å². The highest BCUT2D eigenvalue weighted by molar-refractivity contribution is 5.90. The molecule has 6 N–H and O–H groups in total. The number of ether oxygens (including phenoxy) is 2. The van der Waals surface area contributed by atoms with Crippen LogP contribution in [0, 0.1) is 11.8 Å². The first-order chi connectivity index (χ1) is 16.8. The summed E-state index contributed by atoms with van der Waals surface area (Å²) in [4.78, 5) is 24.8. The van der Waals surface area contributed by atoms with Crippen LogP contribution in [0.25, 0.3) is 5.76 Å². The predicted molar refractivity (Wildman–Crippen MR) is 135 cm³/mol. The SMILES string of the molecule is COC1N=c2ccc(C#Cc3ccccc3)c(Cc3cnc(N)nc3N)c2=C(O)C1(OC)C(=O)O.Cl. The molecule has 0 saturated heterocycles. The number of aliphatic carboxylic acids is 1. The van der Waals surface area contributed by atoms with E-state index >= 15 is 0 Å². The Kier molecular flexibility index (Phi) is 7.80. The number of nitrogen functional groups attached to an aromatic ring is 2. The van der Waals surface area contributed by atoms with Crippen LogP contribution in [0.4, 0.5) is 11.8 Å². The summed E-state index contributed by atoms with van der Waals surface area (Å²) in [5.74, 6) is 4.34. The quantitative estimate of drug-likeness (QED) is 0.364. The van der Waals surface area contributed by atoms with Gasteiger partial charge in [0.2, 0.25) is 5.95 Å². The molecule has 0 aliphatic carbocycles. The summed E-state index contributed by atoms with van der Waals surface area (Å²) < 4.78 is 10.6. The average Bonchev–Trinajstić information content (AvgIpc) is 2.85. The van der Waals surface area contributed by atoms with E-state index < -0.39 is 23.6 Å². The molecule has 11 heteroatoms. The first kappa shape index (κ1) is 26.4. The van der Waals surface area contributed by atoms with E-state index in [1.165, 1.54) is 20.4 Å². The number of carboxylic acid groups (broad SMARTS) is 1. The van der Waals surface area contributed by atoms with Crippen LogP contribution in [-0.2, 0) is 20.7 Å². The average molecular weight is 510 g/mol. The van der Waals surface area contributed by atoms with Crippen LogP contribution >= 0.6 is 12.4 Å². The number of fused-ring (bicyclic) bond motifs is 1. The molecule has 0 bridgehead atoms. The van der Waals surface area contributed by atoms with Gasteiger partial charge in [-0.2, -0.15) is 4.98 Å². The third-order valence-corrected chi connectivity index (χ3v) is 5.75. The van der Waals surface area contributed by atoms with Gasteiger partial charge in [-0.1, -0.05) is 30.0 Å². The highest BCUT2D eigenvalue weighted by Crippen LogP contribution is 2.29. The molecule has 2 aromatic carbocycles. The number of anilines is 2. The number of halogens is 1. The van der Waals surface area contributed by atoms with Crippen molar-refractivity contribution in [3.05, 3.63) is 81.5 Å². The van der Waals surface area contributed by atoms with Gasteiger partial charge in [0, 0.05) is 48.7 Å². The van der Waals surface area contributed by atoms with Crippen LogP contribution in [0.15, 0.2) is 53.7 Å². The maximum absolute atomic E-state index is 12.3. The van der Waals surface area contributed by atoms with Crippen molar-refractivity contribution in [3.63, 3.8) is 0 Å². The van der Waals surface area contributed by atoms with Gasteiger partial charge in [0.1, 0.15) is 5.82 Å². The number of rotatable bonds is 5. The molecule has 2 atom stereocenters. The van der Waals surface area contributed by atoms with Crippen LogP contribution in [0.2, 0.25) is 0 Å². The lowest BCUT2D eigenvalue weighted by Crippen LogP contribution is -2.59. The number of aliphatic hydroxyl groups excluding tert-OH is 1. The Hall–Kier alpha value is -4.17. The van der Waals surface area contributed by atoms with Gasteiger partial charge in [0.05, 0.1) is 5.36 Å². The minimum atomic E-state index is -2.26. The lowest BCUT2D eigenvalue weighted by molar-refractivity contribution is -0.172. The Morgan fingerprint density at radius 3 is 2.47 bits per heavy atom. The maximum atomic E-state index is 12.3. The van der Waals surface area contributed by atoms with Gasteiger partial charge in [0.15, 0.2) is 12.0 Å². The summed E-state index contributed by atoms with van der Waals surface area (Å²) in [6.07, 6.45) is 0.267. The minimum absolute atomic E-state index is 0. The number of aromatic nitrogens is 2. The van der Waals surface area contributed by atoms with Crippen LogP contribution in [0.1, 0.15) is 22.3 Å². The molecule has 186 valence electrons. The number of benzene rings is 2. The van der Waals surface area contributed by atoms with Crippen molar-refractivity contribution in [2.24, 2.45) is 4.99 Å². The number of carbonyl (C=O) groups is 1. The van der Waals surface area contributed by atoms with E-state index in [9.17, 15) is 15.0 Å². The summed E-state index contributed by atoms with van der Waals surface area (Å²) in [7, 11) is 2.46. The Morgan fingerprint density at radius 2 is 1.86 bits per heavy atom. The largest absolute Gasteiger partial charge is 0.508 e. The summed E-state index contributed by atoms with van der Waals surface area (Å²) in [6, 6.07) is 12.7. The zero-order chi connectivity index (χ0) is 25.2. The smallest absolute Gasteiger partial charge is 0.348 e. The molecule has 1 aliphatic heterocycles. The van der Waals surface area contributed by atoms with E-state index in [0.29, 0.717) is 22.0 Å². The van der Waals surface area contributed by atoms with E-state index in [1.807, 2.05) is 30.3 Å². The second-order valence-corrected chi connectivity index (χ2v) is 7.73. The van der Waals surface area contributed by atoms with Gasteiger partial charge >= 0.3 is 5.97 Å². The summed E-state index contributed by atoms with van der Waals surface area (Å²) in [6.45, 7) is 0. The van der Waals surface area contributed by atoms with Gasteiger partial charge in [-0.05, 0) is 29.8 Å². The zero-order valence-corrected chi connectivity index (χ0v) is 20.2. The minimum Gasteiger partial charge on any atom is -0.508 e. The first-order valence-electron chi connectivity index (χ1n) is 10.5. The van der Waals surface area contributed by atoms with Crippen molar-refractivity contribution in [1.29, 1.82) is 0 Å². The second-order valence-electron chi connectivity index (χ2n) is 7.73. The molecule has 0 spiro atoms. The molecule has 0 fully saturated rings. The van der Waals surface area contributed by atoms with Gasteiger partial charge in [-0.25, -0.2) is 14.8 Å². The van der Waals surface area contributed by atoms with E-state index in [2.05, 4.69) is 26.8 Å². The topological polar surface area (TPSA) is 166 Å². The molecule has 36 heavy (non-hydrogen) atoms. The Balaban J connectivity index is 0.00000361. The summed E-state index contributed by atoms with van der Waals surface area (Å²) in [5.41, 5.74) is 11.7. The lowest BCUT2D eigenvalue weighted by atomic mass is 9.89. The number of carboxylic acids is 1. The van der Waals surface area contributed by atoms with Crippen LogP contribution in [-0.4, -0.2) is 52.2 Å². The van der Waals surface area contributed by atoms with Crippen LogP contribution in [0.5, 0.6) is 0 Å². The van der Waals surface area contributed by atoms with E-state index in [-0.39, 0.29) is 35.8 Å². The Labute approximate surface area is 212 Å². The molecule has 10 nitrogen and oxygen atoms in total. The number of methoxy groups -OCH3 is 2. The third-order valence-electron chi connectivity index (χ3n) is 5.75. The van der Waals surface area contributed by atoms with Crippen molar-refractivity contribution in [1.82, 2.24) is 9.97 Å². The number of nitrogens with two attached hydrogens (primary N) is 2. The van der Waals surface area contributed by atoms with Crippen molar-refractivity contribution in [2.45, 2.75) is 18.2 Å². The Bertz CT molecular complexity index is 1490. The number of hydrogen-bond acceptors (Lipinski definition) is 9. The highest BCUT2D eigenvalue weighted by Gasteiger charge is 2.54. The molecular weight excluding hydrogens is 486 g/mol. The molecule has 2 heterocycles. The van der Waals surface area contributed by atoms with E-state index in [1.54, 1.807) is 12.1 Å². The molecule has 2 unspecified atom stereocenters. The standard InChI is InChI=1S/C25H23N5O5.ClH/c1-34-22-25(35-2,23(32)33)20(31)19-17(12-16-13-28-24(27)30-21(16)26)15(10-11-18(19)29-22)9-8-14-6-4-3-5-7-14;/h3-7,10-11,13,22,31H,12H2,1-2H3,(H,32,33)(H4,26,27,28,30);1H. The molecule has 0 radical (unpaired) electrons. The first-order valence-corrected chi connectivity index (χ1v) is 10.5. The lowest BCUT2D eigenvalue weighted by Gasteiger charge is -2.34. The van der Waals surface area contributed by atoms with Gasteiger partial charge in [-0.3, -0.25) is 0 Å². The third kappa shape index (κ3) is 4.55. The molecular formula is C25H24ClN5O5. The number of nitrogens with zero attached hydrogens (tertiary/aromatic N) is 3.